The molecule has 1 aliphatic heterocycles. The predicted molar refractivity (Wildman–Crippen MR) is 97.3 cm³/mol. The summed E-state index contributed by atoms with van der Waals surface area (Å²) < 4.78 is 13.3. The molecule has 0 saturated heterocycles. The Morgan fingerprint density at radius 3 is 2.84 bits per heavy atom. The van der Waals surface area contributed by atoms with E-state index in [9.17, 15) is 0 Å². The van der Waals surface area contributed by atoms with Gasteiger partial charge >= 0.3 is 0 Å². The summed E-state index contributed by atoms with van der Waals surface area (Å²) in [5, 5.41) is 3.03. The van der Waals surface area contributed by atoms with Gasteiger partial charge in [-0.3, -0.25) is 9.88 Å². The highest BCUT2D eigenvalue weighted by Crippen LogP contribution is 2.40. The van der Waals surface area contributed by atoms with Gasteiger partial charge in [0, 0.05) is 5.56 Å². The van der Waals surface area contributed by atoms with Crippen molar-refractivity contribution in [3.8, 4) is 11.5 Å². The van der Waals surface area contributed by atoms with E-state index in [1.54, 1.807) is 7.11 Å². The molecule has 0 radical (unpaired) electrons. The van der Waals surface area contributed by atoms with Gasteiger partial charge in [0.1, 0.15) is 0 Å². The van der Waals surface area contributed by atoms with Crippen molar-refractivity contribution < 1.29 is 9.47 Å². The van der Waals surface area contributed by atoms with Gasteiger partial charge in [0.25, 0.3) is 0 Å². The lowest BCUT2D eigenvalue weighted by molar-refractivity contribution is 0.307. The average Bonchev–Trinajstić information content (AvgIpc) is 2.99. The van der Waals surface area contributed by atoms with Crippen molar-refractivity contribution >= 4 is 22.9 Å². The minimum Gasteiger partial charge on any atom is -0.492 e. The van der Waals surface area contributed by atoms with Gasteiger partial charge in [0.15, 0.2) is 23.6 Å². The summed E-state index contributed by atoms with van der Waals surface area (Å²) in [6.45, 7) is 2.49. The number of fused-ring (bicyclic) bond motifs is 3. The number of nitrogens with two attached hydrogens (primary N) is 1. The summed E-state index contributed by atoms with van der Waals surface area (Å²) in [5.74, 6) is 2.30. The quantitative estimate of drug-likeness (QED) is 0.764. The molecule has 0 spiro atoms. The molecule has 1 aromatic heterocycles. The number of methoxy groups -OCH3 is 1. The molecule has 0 unspecified atom stereocenters. The number of anilines is 1. The molecule has 0 saturated carbocycles. The van der Waals surface area contributed by atoms with Gasteiger partial charge < -0.3 is 15.2 Å². The SMILES string of the molecule is CCOc1cccc([C@@H]2N=C(N)Nc3nc4ccccc4n32)c1OC. The van der Waals surface area contributed by atoms with Gasteiger partial charge in [-0.2, -0.15) is 0 Å². The van der Waals surface area contributed by atoms with E-state index in [0.29, 0.717) is 30.0 Å². The number of guanidine groups is 1. The van der Waals surface area contributed by atoms with E-state index in [1.807, 2.05) is 54.0 Å². The second-order valence-electron chi connectivity index (χ2n) is 5.62. The van der Waals surface area contributed by atoms with Crippen LogP contribution in [-0.2, 0) is 0 Å². The zero-order chi connectivity index (χ0) is 17.4. The minimum absolute atomic E-state index is 0.316. The van der Waals surface area contributed by atoms with E-state index in [2.05, 4.69) is 15.3 Å². The first-order chi connectivity index (χ1) is 12.2. The lowest BCUT2D eigenvalue weighted by Gasteiger charge is -2.25. The van der Waals surface area contributed by atoms with E-state index in [1.165, 1.54) is 0 Å². The molecule has 3 N–H and O–H groups in total. The predicted octanol–water partition coefficient (Wildman–Crippen LogP) is 2.73. The highest BCUT2D eigenvalue weighted by atomic mass is 16.5. The van der Waals surface area contributed by atoms with Crippen molar-refractivity contribution in [1.29, 1.82) is 0 Å². The summed E-state index contributed by atoms with van der Waals surface area (Å²) >= 11 is 0. The Bertz CT molecular complexity index is 963. The van der Waals surface area contributed by atoms with Crippen LogP contribution in [0.4, 0.5) is 5.95 Å². The molecular formula is C18H19N5O2. The molecule has 2 heterocycles. The Hall–Kier alpha value is -3.22. The standard InChI is InChI=1S/C18H19N5O2/c1-3-25-14-10-6-7-11(15(14)24-2)16-21-17(19)22-18-20-12-8-4-5-9-13(12)23(16)18/h4-10,16H,3H2,1-2H3,(H3,19,20,21,22)/t16-/m1/s1. The van der Waals surface area contributed by atoms with Gasteiger partial charge in [0.2, 0.25) is 5.95 Å². The second kappa shape index (κ2) is 6.01. The lowest BCUT2D eigenvalue weighted by atomic mass is 10.1. The second-order valence-corrected chi connectivity index (χ2v) is 5.62. The number of benzene rings is 2. The van der Waals surface area contributed by atoms with Crippen molar-refractivity contribution in [2.24, 2.45) is 10.7 Å². The summed E-state index contributed by atoms with van der Waals surface area (Å²) in [6, 6.07) is 13.7. The number of para-hydroxylation sites is 3. The molecule has 0 aliphatic carbocycles. The van der Waals surface area contributed by atoms with Crippen LogP contribution < -0.4 is 20.5 Å². The highest BCUT2D eigenvalue weighted by Gasteiger charge is 2.28. The summed E-state index contributed by atoms with van der Waals surface area (Å²) in [6.07, 6.45) is -0.390. The number of ether oxygens (including phenoxy) is 2. The largest absolute Gasteiger partial charge is 0.492 e. The van der Waals surface area contributed by atoms with E-state index in [4.69, 9.17) is 15.2 Å². The van der Waals surface area contributed by atoms with E-state index < -0.39 is 0 Å². The summed E-state index contributed by atoms with van der Waals surface area (Å²) in [4.78, 5) is 9.21. The highest BCUT2D eigenvalue weighted by molar-refractivity contribution is 5.94. The van der Waals surface area contributed by atoms with E-state index >= 15 is 0 Å². The Balaban J connectivity index is 1.94. The van der Waals surface area contributed by atoms with Gasteiger partial charge in [-0.05, 0) is 25.1 Å². The van der Waals surface area contributed by atoms with Crippen molar-refractivity contribution in [2.45, 2.75) is 13.1 Å². The number of imidazole rings is 1. The Morgan fingerprint density at radius 2 is 2.04 bits per heavy atom. The zero-order valence-electron chi connectivity index (χ0n) is 14.1. The third kappa shape index (κ3) is 2.44. The van der Waals surface area contributed by atoms with Gasteiger partial charge in [-0.25, -0.2) is 9.98 Å². The zero-order valence-corrected chi connectivity index (χ0v) is 14.1. The van der Waals surface area contributed by atoms with Crippen LogP contribution in [0.25, 0.3) is 11.0 Å². The fraction of sp³-hybridized carbons (Fsp3) is 0.222. The van der Waals surface area contributed by atoms with Crippen LogP contribution in [0, 0.1) is 0 Å². The number of hydrogen-bond donors (Lipinski definition) is 2. The molecule has 25 heavy (non-hydrogen) atoms. The Morgan fingerprint density at radius 1 is 1.20 bits per heavy atom. The maximum Gasteiger partial charge on any atom is 0.212 e. The molecule has 2 aromatic carbocycles. The van der Waals surface area contributed by atoms with Gasteiger partial charge in [-0.1, -0.05) is 24.3 Å². The van der Waals surface area contributed by atoms with Crippen LogP contribution in [0.1, 0.15) is 18.7 Å². The van der Waals surface area contributed by atoms with Gasteiger partial charge in [-0.15, -0.1) is 0 Å². The van der Waals surface area contributed by atoms with Crippen LogP contribution in [-0.4, -0.2) is 29.2 Å². The van der Waals surface area contributed by atoms with Crippen molar-refractivity contribution in [3.05, 3.63) is 48.0 Å². The molecule has 7 heteroatoms. The molecule has 7 nitrogen and oxygen atoms in total. The fourth-order valence-corrected chi connectivity index (χ4v) is 3.15. The number of nitrogens with one attached hydrogen (secondary N) is 1. The van der Waals surface area contributed by atoms with Crippen LogP contribution >= 0.6 is 0 Å². The normalized spacial score (nSPS) is 16.1. The van der Waals surface area contributed by atoms with Crippen LogP contribution in [0.2, 0.25) is 0 Å². The number of rotatable bonds is 4. The number of aliphatic imine (C=N–C) groups is 1. The smallest absolute Gasteiger partial charge is 0.212 e. The molecule has 1 aliphatic rings. The maximum absolute atomic E-state index is 6.00. The van der Waals surface area contributed by atoms with Crippen LogP contribution in [0.15, 0.2) is 47.5 Å². The third-order valence-corrected chi connectivity index (χ3v) is 4.13. The molecule has 1 atom stereocenters. The van der Waals surface area contributed by atoms with Gasteiger partial charge in [0.05, 0.1) is 24.8 Å². The first-order valence-corrected chi connectivity index (χ1v) is 8.10. The van der Waals surface area contributed by atoms with E-state index in [-0.39, 0.29) is 6.17 Å². The molecule has 128 valence electrons. The molecular weight excluding hydrogens is 318 g/mol. The minimum atomic E-state index is -0.390. The number of nitrogens with zero attached hydrogens (tertiary/aromatic N) is 3. The summed E-state index contributed by atoms with van der Waals surface area (Å²) in [7, 11) is 1.63. The van der Waals surface area contributed by atoms with Crippen molar-refractivity contribution in [1.82, 2.24) is 9.55 Å². The first-order valence-electron chi connectivity index (χ1n) is 8.10. The topological polar surface area (TPSA) is 86.7 Å². The third-order valence-electron chi connectivity index (χ3n) is 4.13. The maximum atomic E-state index is 6.00. The lowest BCUT2D eigenvalue weighted by Crippen LogP contribution is -2.31. The molecule has 3 aromatic rings. The van der Waals surface area contributed by atoms with Crippen molar-refractivity contribution in [2.75, 3.05) is 19.0 Å². The first kappa shape index (κ1) is 15.3. The van der Waals surface area contributed by atoms with Crippen LogP contribution in [0.3, 0.4) is 0 Å². The monoisotopic (exact) mass is 337 g/mol. The van der Waals surface area contributed by atoms with Crippen molar-refractivity contribution in [3.63, 3.8) is 0 Å². The average molecular weight is 337 g/mol. The molecule has 0 amide bonds. The molecule has 0 bridgehead atoms. The molecule has 4 rings (SSSR count). The Labute approximate surface area is 145 Å². The molecule has 0 fully saturated rings. The van der Waals surface area contributed by atoms with Crippen LogP contribution in [0.5, 0.6) is 11.5 Å². The fourth-order valence-electron chi connectivity index (χ4n) is 3.15. The Kier molecular flexibility index (Phi) is 3.68. The number of aromatic nitrogens is 2. The summed E-state index contributed by atoms with van der Waals surface area (Å²) in [5.41, 5.74) is 8.71. The van der Waals surface area contributed by atoms with E-state index in [0.717, 1.165) is 16.6 Å². The number of hydrogen-bond acceptors (Lipinski definition) is 6.